The number of anilines is 1. The highest BCUT2D eigenvalue weighted by Gasteiger charge is 2.32. The fourth-order valence-electron chi connectivity index (χ4n) is 3.27. The first kappa shape index (κ1) is 14.3. The van der Waals surface area contributed by atoms with Gasteiger partial charge in [-0.25, -0.2) is 0 Å². The Morgan fingerprint density at radius 2 is 2.24 bits per heavy atom. The van der Waals surface area contributed by atoms with Crippen molar-refractivity contribution in [2.75, 3.05) is 12.3 Å². The molecule has 112 valence electrons. The lowest BCUT2D eigenvalue weighted by Crippen LogP contribution is -2.35. The van der Waals surface area contributed by atoms with E-state index >= 15 is 0 Å². The van der Waals surface area contributed by atoms with Gasteiger partial charge in [0.2, 0.25) is 0 Å². The van der Waals surface area contributed by atoms with Gasteiger partial charge >= 0.3 is 0 Å². The van der Waals surface area contributed by atoms with E-state index < -0.39 is 0 Å². The molecule has 2 aromatic rings. The average molecular weight is 303 g/mol. The van der Waals surface area contributed by atoms with Crippen molar-refractivity contribution in [3.63, 3.8) is 0 Å². The number of nitrogens with one attached hydrogen (secondary N) is 1. The largest absolute Gasteiger partial charge is 0.397 e. The molecule has 1 saturated carbocycles. The molecule has 3 rings (SSSR count). The van der Waals surface area contributed by atoms with Gasteiger partial charge in [-0.3, -0.25) is 9.78 Å². The first-order valence-corrected chi connectivity index (χ1v) is 8.37. The van der Waals surface area contributed by atoms with Crippen molar-refractivity contribution in [3.8, 4) is 0 Å². The molecule has 0 aromatic carbocycles. The maximum Gasteiger partial charge on any atom is 0.263 e. The monoisotopic (exact) mass is 303 g/mol. The van der Waals surface area contributed by atoms with Crippen LogP contribution in [0.3, 0.4) is 0 Å². The number of fused-ring (bicyclic) bond motifs is 1. The summed E-state index contributed by atoms with van der Waals surface area (Å²) in [5.41, 5.74) is 6.98. The summed E-state index contributed by atoms with van der Waals surface area (Å²) in [6, 6.07) is 1.86. The number of pyridine rings is 1. The van der Waals surface area contributed by atoms with Crippen LogP contribution in [0.5, 0.6) is 0 Å². The van der Waals surface area contributed by atoms with Gasteiger partial charge in [0.05, 0.1) is 10.4 Å². The van der Waals surface area contributed by atoms with Crippen molar-refractivity contribution < 1.29 is 4.79 Å². The highest BCUT2D eigenvalue weighted by molar-refractivity contribution is 7.21. The fourth-order valence-corrected chi connectivity index (χ4v) is 4.27. The van der Waals surface area contributed by atoms with Crippen LogP contribution in [-0.4, -0.2) is 17.4 Å². The van der Waals surface area contributed by atoms with Crippen molar-refractivity contribution in [3.05, 3.63) is 23.3 Å². The minimum absolute atomic E-state index is 0.0478. The molecule has 21 heavy (non-hydrogen) atoms. The lowest BCUT2D eigenvalue weighted by molar-refractivity contribution is 0.0933. The summed E-state index contributed by atoms with van der Waals surface area (Å²) in [5.74, 6) is -0.0478. The molecule has 0 bridgehead atoms. The van der Waals surface area contributed by atoms with Gasteiger partial charge < -0.3 is 11.1 Å². The number of nitrogens with two attached hydrogens (primary N) is 1. The van der Waals surface area contributed by atoms with Crippen LogP contribution in [0, 0.1) is 5.41 Å². The molecule has 2 heterocycles. The maximum absolute atomic E-state index is 12.4. The van der Waals surface area contributed by atoms with Gasteiger partial charge in [-0.2, -0.15) is 0 Å². The van der Waals surface area contributed by atoms with Crippen LogP contribution in [0.1, 0.15) is 48.7 Å². The van der Waals surface area contributed by atoms with E-state index in [-0.39, 0.29) is 5.91 Å². The summed E-state index contributed by atoms with van der Waals surface area (Å²) < 4.78 is 0.964. The Balaban J connectivity index is 1.76. The highest BCUT2D eigenvalue weighted by Crippen LogP contribution is 2.40. The van der Waals surface area contributed by atoms with Gasteiger partial charge in [0, 0.05) is 24.3 Å². The summed E-state index contributed by atoms with van der Waals surface area (Å²) in [6.07, 6.45) is 9.58. The number of amides is 1. The van der Waals surface area contributed by atoms with Gasteiger partial charge in [0.15, 0.2) is 0 Å². The molecule has 2 aromatic heterocycles. The second-order valence-electron chi connectivity index (χ2n) is 5.96. The summed E-state index contributed by atoms with van der Waals surface area (Å²) >= 11 is 1.42. The molecule has 1 fully saturated rings. The quantitative estimate of drug-likeness (QED) is 0.907. The topological polar surface area (TPSA) is 68.0 Å². The van der Waals surface area contributed by atoms with Crippen LogP contribution in [-0.2, 0) is 0 Å². The number of carbonyl (C=O) groups is 1. The predicted octanol–water partition coefficient (Wildman–Crippen LogP) is 3.58. The first-order valence-electron chi connectivity index (χ1n) is 7.55. The van der Waals surface area contributed by atoms with E-state index in [1.54, 1.807) is 12.4 Å². The molecule has 0 atom stereocenters. The third-order valence-electron chi connectivity index (χ3n) is 4.78. The van der Waals surface area contributed by atoms with E-state index in [0.717, 1.165) is 23.1 Å². The zero-order chi connectivity index (χ0) is 14.9. The second-order valence-corrected chi connectivity index (χ2v) is 7.01. The summed E-state index contributed by atoms with van der Waals surface area (Å²) in [7, 11) is 0. The van der Waals surface area contributed by atoms with Crippen LogP contribution in [0.25, 0.3) is 10.1 Å². The van der Waals surface area contributed by atoms with E-state index in [4.69, 9.17) is 5.73 Å². The Morgan fingerprint density at radius 1 is 1.48 bits per heavy atom. The third kappa shape index (κ3) is 2.62. The molecule has 3 N–H and O–H groups in total. The Kier molecular flexibility index (Phi) is 3.85. The van der Waals surface area contributed by atoms with Gasteiger partial charge in [-0.15, -0.1) is 11.3 Å². The Labute approximate surface area is 128 Å². The number of nitrogen functional groups attached to an aromatic ring is 1. The first-order chi connectivity index (χ1) is 10.2. The summed E-state index contributed by atoms with van der Waals surface area (Å²) in [5, 5.41) is 4.03. The fraction of sp³-hybridized carbons (Fsp3) is 0.500. The zero-order valence-electron chi connectivity index (χ0n) is 12.3. The molecule has 5 heteroatoms. The zero-order valence-corrected chi connectivity index (χ0v) is 13.1. The number of hydrogen-bond donors (Lipinski definition) is 2. The lowest BCUT2D eigenvalue weighted by Gasteiger charge is -2.27. The van der Waals surface area contributed by atoms with Crippen molar-refractivity contribution in [1.29, 1.82) is 0 Å². The van der Waals surface area contributed by atoms with Crippen LogP contribution in [0.15, 0.2) is 18.5 Å². The normalized spacial score (nSPS) is 17.2. The Hall–Kier alpha value is -1.62. The van der Waals surface area contributed by atoms with E-state index in [1.807, 2.05) is 6.07 Å². The van der Waals surface area contributed by atoms with Gasteiger partial charge in [-0.05, 0) is 30.7 Å². The average Bonchev–Trinajstić information content (AvgIpc) is 3.11. The Bertz CT molecular complexity index is 659. The number of nitrogens with zero attached hydrogens (tertiary/aromatic N) is 1. The smallest absolute Gasteiger partial charge is 0.263 e. The van der Waals surface area contributed by atoms with Crippen molar-refractivity contribution in [2.24, 2.45) is 5.41 Å². The lowest BCUT2D eigenvalue weighted by atomic mass is 9.83. The number of aromatic nitrogens is 1. The maximum atomic E-state index is 12.4. The molecule has 1 aliphatic carbocycles. The van der Waals surface area contributed by atoms with Crippen molar-refractivity contribution >= 4 is 33.0 Å². The second kappa shape index (κ2) is 5.64. The molecule has 0 aliphatic heterocycles. The molecule has 1 amide bonds. The van der Waals surface area contributed by atoms with Crippen LogP contribution < -0.4 is 11.1 Å². The van der Waals surface area contributed by atoms with E-state index in [9.17, 15) is 4.79 Å². The molecule has 0 radical (unpaired) electrons. The van der Waals surface area contributed by atoms with Crippen LogP contribution in [0.4, 0.5) is 5.69 Å². The van der Waals surface area contributed by atoms with Gasteiger partial charge in [-0.1, -0.05) is 19.8 Å². The molecule has 1 aliphatic rings. The summed E-state index contributed by atoms with van der Waals surface area (Å²) in [6.45, 7) is 2.98. The molecular weight excluding hydrogens is 282 g/mol. The van der Waals surface area contributed by atoms with Crippen molar-refractivity contribution in [1.82, 2.24) is 10.3 Å². The molecule has 0 spiro atoms. The molecule has 4 nitrogen and oxygen atoms in total. The predicted molar refractivity (Wildman–Crippen MR) is 87.6 cm³/mol. The minimum Gasteiger partial charge on any atom is -0.397 e. The van der Waals surface area contributed by atoms with Crippen molar-refractivity contribution in [2.45, 2.75) is 39.0 Å². The van der Waals surface area contributed by atoms with E-state index in [1.165, 1.54) is 37.0 Å². The standard InChI is InChI=1S/C16H21N3OS/c1-2-16(6-3-4-7-16)10-19-15(20)14-13(17)11-5-8-18-9-12(11)21-14/h5,8-9H,2-4,6-7,10,17H2,1H3,(H,19,20). The SMILES string of the molecule is CCC1(CNC(=O)c2sc3cnccc3c2N)CCCC1. The highest BCUT2D eigenvalue weighted by atomic mass is 32.1. The van der Waals surface area contributed by atoms with Crippen LogP contribution >= 0.6 is 11.3 Å². The molecular formula is C16H21N3OS. The van der Waals surface area contributed by atoms with E-state index in [0.29, 0.717) is 16.0 Å². The van der Waals surface area contributed by atoms with Gasteiger partial charge in [0.25, 0.3) is 5.91 Å². The minimum atomic E-state index is -0.0478. The number of carbonyl (C=O) groups excluding carboxylic acids is 1. The third-order valence-corrected chi connectivity index (χ3v) is 5.93. The number of thiophene rings is 1. The number of rotatable bonds is 4. The number of hydrogen-bond acceptors (Lipinski definition) is 4. The molecule has 0 saturated heterocycles. The van der Waals surface area contributed by atoms with E-state index in [2.05, 4.69) is 17.2 Å². The Morgan fingerprint density at radius 3 is 2.90 bits per heavy atom. The van der Waals surface area contributed by atoms with Crippen LogP contribution in [0.2, 0.25) is 0 Å². The summed E-state index contributed by atoms with van der Waals surface area (Å²) in [4.78, 5) is 17.1. The molecule has 0 unspecified atom stereocenters. The van der Waals surface area contributed by atoms with Gasteiger partial charge in [0.1, 0.15) is 4.88 Å².